The van der Waals surface area contributed by atoms with Gasteiger partial charge >= 0.3 is 0 Å². The maximum Gasteiger partial charge on any atom is 0.128 e. The second-order valence-corrected chi connectivity index (χ2v) is 6.06. The molecule has 0 amide bonds. The first-order valence-electron chi connectivity index (χ1n) is 8.47. The standard InChI is InChI=1S/C22H22N2/c1-3-14-24-21(15-17(4-2)18-10-6-5-7-11-18)19-12-8-9-13-20(19)22(24)16-23/h4-13,17H,2-3,14-15H2,1H3. The smallest absolute Gasteiger partial charge is 0.128 e. The van der Waals surface area contributed by atoms with E-state index >= 15 is 0 Å². The molecule has 3 aromatic rings. The molecule has 0 fully saturated rings. The zero-order valence-corrected chi connectivity index (χ0v) is 14.1. The van der Waals surface area contributed by atoms with Gasteiger partial charge in [-0.05, 0) is 18.4 Å². The van der Waals surface area contributed by atoms with Gasteiger partial charge in [-0.3, -0.25) is 0 Å². The van der Waals surface area contributed by atoms with Gasteiger partial charge in [0.05, 0.1) is 0 Å². The van der Waals surface area contributed by atoms with Crippen LogP contribution < -0.4 is 0 Å². The number of fused-ring (bicyclic) bond motifs is 1. The van der Waals surface area contributed by atoms with E-state index in [1.807, 2.05) is 18.2 Å². The minimum absolute atomic E-state index is 0.242. The zero-order valence-electron chi connectivity index (χ0n) is 14.1. The molecular weight excluding hydrogens is 292 g/mol. The molecule has 2 nitrogen and oxygen atoms in total. The van der Waals surface area contributed by atoms with E-state index in [9.17, 15) is 5.26 Å². The highest BCUT2D eigenvalue weighted by Gasteiger charge is 2.19. The highest BCUT2D eigenvalue weighted by molar-refractivity contribution is 5.90. The first-order chi connectivity index (χ1) is 11.8. The summed E-state index contributed by atoms with van der Waals surface area (Å²) in [5.41, 5.74) is 3.27. The number of hydrogen-bond donors (Lipinski definition) is 0. The average molecular weight is 314 g/mol. The second kappa shape index (κ2) is 7.19. The van der Waals surface area contributed by atoms with Crippen LogP contribution in [0.25, 0.3) is 10.8 Å². The normalized spacial score (nSPS) is 12.0. The Morgan fingerprint density at radius 2 is 1.75 bits per heavy atom. The fourth-order valence-electron chi connectivity index (χ4n) is 3.42. The van der Waals surface area contributed by atoms with E-state index in [1.165, 1.54) is 16.6 Å². The predicted octanol–water partition coefficient (Wildman–Crippen LogP) is 5.44. The summed E-state index contributed by atoms with van der Waals surface area (Å²) in [6, 6.07) is 21.1. The van der Waals surface area contributed by atoms with Crippen LogP contribution in [0.2, 0.25) is 0 Å². The van der Waals surface area contributed by atoms with Gasteiger partial charge in [-0.25, -0.2) is 0 Å². The lowest BCUT2D eigenvalue weighted by atomic mass is 9.93. The van der Waals surface area contributed by atoms with E-state index in [2.05, 4.69) is 66.6 Å². The zero-order chi connectivity index (χ0) is 16.9. The first kappa shape index (κ1) is 16.1. The van der Waals surface area contributed by atoms with Gasteiger partial charge in [-0.2, -0.15) is 5.26 Å². The summed E-state index contributed by atoms with van der Waals surface area (Å²) in [5, 5.41) is 11.9. The van der Waals surface area contributed by atoms with Gasteiger partial charge in [0.1, 0.15) is 11.8 Å². The fraction of sp³-hybridized carbons (Fsp3) is 0.227. The Kier molecular flexibility index (Phi) is 4.82. The number of allylic oxidation sites excluding steroid dienone is 1. The molecule has 2 aromatic carbocycles. The summed E-state index contributed by atoms with van der Waals surface area (Å²) in [6.45, 7) is 7.06. The number of aromatic nitrogens is 1. The molecule has 1 unspecified atom stereocenters. The summed E-state index contributed by atoms with van der Waals surface area (Å²) in [4.78, 5) is 0. The lowest BCUT2D eigenvalue weighted by molar-refractivity contribution is 0.632. The molecule has 0 aliphatic rings. The van der Waals surface area contributed by atoms with Crippen LogP contribution >= 0.6 is 0 Å². The molecule has 0 saturated carbocycles. The van der Waals surface area contributed by atoms with E-state index in [1.54, 1.807) is 0 Å². The molecule has 3 rings (SSSR count). The van der Waals surface area contributed by atoms with Crippen molar-refractivity contribution >= 4 is 10.8 Å². The third-order valence-electron chi connectivity index (χ3n) is 4.57. The van der Waals surface area contributed by atoms with Crippen LogP contribution in [0.4, 0.5) is 0 Å². The van der Waals surface area contributed by atoms with Crippen LogP contribution in [-0.2, 0) is 13.0 Å². The van der Waals surface area contributed by atoms with Crippen molar-refractivity contribution in [3.8, 4) is 6.07 Å². The van der Waals surface area contributed by atoms with Crippen molar-refractivity contribution in [1.29, 1.82) is 5.26 Å². The lowest BCUT2D eigenvalue weighted by Crippen LogP contribution is -2.09. The molecule has 0 aliphatic heterocycles. The monoisotopic (exact) mass is 314 g/mol. The van der Waals surface area contributed by atoms with E-state index in [0.717, 1.165) is 30.5 Å². The van der Waals surface area contributed by atoms with Crippen LogP contribution in [0, 0.1) is 11.3 Å². The summed E-state index contributed by atoms with van der Waals surface area (Å²) < 4.78 is 2.20. The van der Waals surface area contributed by atoms with Gasteiger partial charge in [-0.1, -0.05) is 67.6 Å². The van der Waals surface area contributed by atoms with Gasteiger partial charge in [0, 0.05) is 28.9 Å². The summed E-state index contributed by atoms with van der Waals surface area (Å²) in [6.07, 6.45) is 3.88. The van der Waals surface area contributed by atoms with E-state index in [0.29, 0.717) is 0 Å². The van der Waals surface area contributed by atoms with Crippen molar-refractivity contribution in [3.05, 3.63) is 84.2 Å². The molecule has 0 saturated heterocycles. The fourth-order valence-corrected chi connectivity index (χ4v) is 3.42. The van der Waals surface area contributed by atoms with Crippen LogP contribution in [0.3, 0.4) is 0 Å². The Hall–Kier alpha value is -2.79. The molecule has 120 valence electrons. The molecule has 1 atom stereocenters. The average Bonchev–Trinajstić information content (AvgIpc) is 2.93. The lowest BCUT2D eigenvalue weighted by Gasteiger charge is -2.16. The third-order valence-corrected chi connectivity index (χ3v) is 4.57. The van der Waals surface area contributed by atoms with Crippen LogP contribution in [-0.4, -0.2) is 4.57 Å². The van der Waals surface area contributed by atoms with E-state index in [4.69, 9.17) is 0 Å². The molecule has 0 radical (unpaired) electrons. The highest BCUT2D eigenvalue weighted by Crippen LogP contribution is 2.31. The van der Waals surface area contributed by atoms with Crippen molar-refractivity contribution in [2.24, 2.45) is 0 Å². The van der Waals surface area contributed by atoms with E-state index in [-0.39, 0.29) is 5.92 Å². The van der Waals surface area contributed by atoms with Gasteiger partial charge < -0.3 is 4.57 Å². The maximum absolute atomic E-state index is 9.67. The minimum atomic E-state index is 0.242. The summed E-state index contributed by atoms with van der Waals surface area (Å²) in [7, 11) is 0. The SMILES string of the molecule is C=CC(Cc1c2ccccc2c(C#N)n1CCC)c1ccccc1. The van der Waals surface area contributed by atoms with Crippen molar-refractivity contribution < 1.29 is 0 Å². The van der Waals surface area contributed by atoms with Crippen LogP contribution in [0.15, 0.2) is 67.3 Å². The van der Waals surface area contributed by atoms with Gasteiger partial charge in [0.15, 0.2) is 0 Å². The minimum Gasteiger partial charge on any atom is -0.335 e. The van der Waals surface area contributed by atoms with E-state index < -0.39 is 0 Å². The molecule has 0 spiro atoms. The van der Waals surface area contributed by atoms with Crippen molar-refractivity contribution in [2.75, 3.05) is 0 Å². The largest absolute Gasteiger partial charge is 0.335 e. The van der Waals surface area contributed by atoms with Crippen LogP contribution in [0.1, 0.15) is 36.2 Å². The molecular formula is C22H22N2. The molecule has 0 bridgehead atoms. The number of rotatable bonds is 6. The predicted molar refractivity (Wildman–Crippen MR) is 100 cm³/mol. The number of hydrogen-bond acceptors (Lipinski definition) is 1. The molecule has 24 heavy (non-hydrogen) atoms. The first-order valence-corrected chi connectivity index (χ1v) is 8.47. The Morgan fingerprint density at radius 3 is 2.38 bits per heavy atom. The van der Waals surface area contributed by atoms with Crippen molar-refractivity contribution in [3.63, 3.8) is 0 Å². The maximum atomic E-state index is 9.67. The molecule has 0 aliphatic carbocycles. The summed E-state index contributed by atoms with van der Waals surface area (Å²) >= 11 is 0. The quantitative estimate of drug-likeness (QED) is 0.557. The number of nitriles is 1. The topological polar surface area (TPSA) is 28.7 Å². The Bertz CT molecular complexity index is 881. The number of nitrogens with zero attached hydrogens (tertiary/aromatic N) is 2. The molecule has 1 aromatic heterocycles. The van der Waals surface area contributed by atoms with Gasteiger partial charge in [-0.15, -0.1) is 6.58 Å². The number of benzene rings is 2. The molecule has 0 N–H and O–H groups in total. The van der Waals surface area contributed by atoms with Gasteiger partial charge in [0.25, 0.3) is 0 Å². The Morgan fingerprint density at radius 1 is 1.08 bits per heavy atom. The van der Waals surface area contributed by atoms with Crippen molar-refractivity contribution in [1.82, 2.24) is 4.57 Å². The van der Waals surface area contributed by atoms with Crippen molar-refractivity contribution in [2.45, 2.75) is 32.2 Å². The third kappa shape index (κ3) is 2.86. The Labute approximate surface area is 143 Å². The molecule has 1 heterocycles. The van der Waals surface area contributed by atoms with Gasteiger partial charge in [0.2, 0.25) is 0 Å². The summed E-state index contributed by atoms with van der Waals surface area (Å²) in [5.74, 6) is 0.242. The van der Waals surface area contributed by atoms with Crippen LogP contribution in [0.5, 0.6) is 0 Å². The highest BCUT2D eigenvalue weighted by atomic mass is 15.0. The molecule has 2 heteroatoms. The Balaban J connectivity index is 2.13. The second-order valence-electron chi connectivity index (χ2n) is 6.06.